The Labute approximate surface area is 124 Å². The minimum atomic E-state index is -1.04. The molecule has 5 heteroatoms. The Hall–Kier alpha value is -2.04. The average Bonchev–Trinajstić information content (AvgIpc) is 2.48. The van der Waals surface area contributed by atoms with E-state index in [-0.39, 0.29) is 5.91 Å². The highest BCUT2D eigenvalue weighted by Gasteiger charge is 2.19. The summed E-state index contributed by atoms with van der Waals surface area (Å²) in [6.07, 6.45) is 5.92. The van der Waals surface area contributed by atoms with E-state index in [4.69, 9.17) is 5.11 Å². The second-order valence-electron chi connectivity index (χ2n) is 5.56. The third kappa shape index (κ3) is 4.21. The molecule has 0 aromatic heterocycles. The van der Waals surface area contributed by atoms with E-state index >= 15 is 0 Å². The molecule has 0 heterocycles. The van der Waals surface area contributed by atoms with Crippen molar-refractivity contribution >= 4 is 17.6 Å². The standard InChI is InChI=1S/C16H22N2O3/c1-11(16(20)21)17-15(19)13-9-5-6-10-14(13)18-12-7-3-2-4-8-12/h5-6,9-12,18H,2-4,7-8H2,1H3,(H,17,19)(H,20,21)/t11-/m0/s1. The van der Waals surface area contributed by atoms with Crippen LogP contribution in [-0.2, 0) is 4.79 Å². The maximum Gasteiger partial charge on any atom is 0.325 e. The SMILES string of the molecule is C[C@H](NC(=O)c1ccccc1NC1CCCCC1)C(=O)O. The van der Waals surface area contributed by atoms with Crippen molar-refractivity contribution in [1.82, 2.24) is 5.32 Å². The molecule has 0 spiro atoms. The van der Waals surface area contributed by atoms with Gasteiger partial charge in [-0.2, -0.15) is 0 Å². The molecule has 5 nitrogen and oxygen atoms in total. The molecule has 21 heavy (non-hydrogen) atoms. The lowest BCUT2D eigenvalue weighted by atomic mass is 9.95. The first kappa shape index (κ1) is 15.4. The lowest BCUT2D eigenvalue weighted by molar-refractivity contribution is -0.138. The zero-order valence-electron chi connectivity index (χ0n) is 12.3. The molecule has 1 aliphatic carbocycles. The van der Waals surface area contributed by atoms with Crippen LogP contribution in [0.5, 0.6) is 0 Å². The smallest absolute Gasteiger partial charge is 0.325 e. The molecule has 2 rings (SSSR count). The summed E-state index contributed by atoms with van der Waals surface area (Å²) in [6, 6.07) is 6.74. The fourth-order valence-corrected chi connectivity index (χ4v) is 2.61. The minimum absolute atomic E-state index is 0.358. The van der Waals surface area contributed by atoms with Crippen molar-refractivity contribution in [2.75, 3.05) is 5.32 Å². The van der Waals surface area contributed by atoms with Crippen LogP contribution >= 0.6 is 0 Å². The van der Waals surface area contributed by atoms with Gasteiger partial charge in [-0.25, -0.2) is 0 Å². The van der Waals surface area contributed by atoms with Crippen LogP contribution in [0.3, 0.4) is 0 Å². The molecule has 1 amide bonds. The number of carbonyl (C=O) groups excluding carboxylic acids is 1. The largest absolute Gasteiger partial charge is 0.480 e. The number of hydrogen-bond donors (Lipinski definition) is 3. The monoisotopic (exact) mass is 290 g/mol. The first-order valence-corrected chi connectivity index (χ1v) is 7.47. The summed E-state index contributed by atoms with van der Waals surface area (Å²) >= 11 is 0. The van der Waals surface area contributed by atoms with Crippen molar-refractivity contribution in [3.8, 4) is 0 Å². The number of carboxylic acids is 1. The number of para-hydroxylation sites is 1. The highest BCUT2D eigenvalue weighted by Crippen LogP contribution is 2.23. The lowest BCUT2D eigenvalue weighted by Gasteiger charge is -2.25. The molecule has 1 fully saturated rings. The van der Waals surface area contributed by atoms with E-state index in [1.54, 1.807) is 12.1 Å². The van der Waals surface area contributed by atoms with E-state index in [1.807, 2.05) is 12.1 Å². The molecule has 0 bridgehead atoms. The van der Waals surface area contributed by atoms with Crippen LogP contribution in [-0.4, -0.2) is 29.1 Å². The number of benzene rings is 1. The van der Waals surface area contributed by atoms with Gasteiger partial charge < -0.3 is 15.7 Å². The van der Waals surface area contributed by atoms with E-state index in [0.29, 0.717) is 11.6 Å². The number of amides is 1. The molecule has 1 saturated carbocycles. The molecule has 114 valence electrons. The molecule has 0 radical (unpaired) electrons. The summed E-state index contributed by atoms with van der Waals surface area (Å²) in [7, 11) is 0. The highest BCUT2D eigenvalue weighted by atomic mass is 16.4. The van der Waals surface area contributed by atoms with Gasteiger partial charge in [-0.05, 0) is 31.9 Å². The Morgan fingerprint density at radius 2 is 1.86 bits per heavy atom. The van der Waals surface area contributed by atoms with Crippen molar-refractivity contribution < 1.29 is 14.7 Å². The van der Waals surface area contributed by atoms with Crippen molar-refractivity contribution in [2.24, 2.45) is 0 Å². The zero-order valence-corrected chi connectivity index (χ0v) is 12.3. The van der Waals surface area contributed by atoms with Crippen molar-refractivity contribution in [1.29, 1.82) is 0 Å². The molecule has 1 aromatic rings. The van der Waals surface area contributed by atoms with Gasteiger partial charge in [0.05, 0.1) is 5.56 Å². The molecule has 1 aromatic carbocycles. The minimum Gasteiger partial charge on any atom is -0.480 e. The zero-order chi connectivity index (χ0) is 15.2. The number of rotatable bonds is 5. The number of anilines is 1. The van der Waals surface area contributed by atoms with Crippen LogP contribution in [0, 0.1) is 0 Å². The van der Waals surface area contributed by atoms with Crippen molar-refractivity contribution in [3.63, 3.8) is 0 Å². The van der Waals surface area contributed by atoms with Gasteiger partial charge in [0.25, 0.3) is 5.91 Å². The maximum atomic E-state index is 12.2. The molecular formula is C16H22N2O3. The summed E-state index contributed by atoms with van der Waals surface area (Å²) in [5.41, 5.74) is 1.27. The van der Waals surface area contributed by atoms with Gasteiger partial charge in [-0.15, -0.1) is 0 Å². The van der Waals surface area contributed by atoms with E-state index in [0.717, 1.165) is 18.5 Å². The van der Waals surface area contributed by atoms with E-state index < -0.39 is 12.0 Å². The number of carboxylic acid groups (broad SMARTS) is 1. The van der Waals surface area contributed by atoms with Crippen LogP contribution in [0.2, 0.25) is 0 Å². The first-order valence-electron chi connectivity index (χ1n) is 7.47. The number of aliphatic carboxylic acids is 1. The molecule has 3 N–H and O–H groups in total. The fraction of sp³-hybridized carbons (Fsp3) is 0.500. The predicted molar refractivity (Wildman–Crippen MR) is 81.5 cm³/mol. The molecule has 1 aliphatic rings. The van der Waals surface area contributed by atoms with Crippen LogP contribution in [0.1, 0.15) is 49.4 Å². The molecule has 0 aliphatic heterocycles. The maximum absolute atomic E-state index is 12.2. The summed E-state index contributed by atoms with van der Waals surface area (Å²) < 4.78 is 0. The number of nitrogens with one attached hydrogen (secondary N) is 2. The van der Waals surface area contributed by atoms with Crippen molar-refractivity contribution in [2.45, 2.75) is 51.1 Å². The summed E-state index contributed by atoms with van der Waals surface area (Å²) in [6.45, 7) is 1.46. The number of carbonyl (C=O) groups is 2. The van der Waals surface area contributed by atoms with Crippen LogP contribution in [0.15, 0.2) is 24.3 Å². The van der Waals surface area contributed by atoms with Crippen LogP contribution in [0.25, 0.3) is 0 Å². The average molecular weight is 290 g/mol. The molecule has 0 unspecified atom stereocenters. The van der Waals surface area contributed by atoms with Gasteiger partial charge in [-0.3, -0.25) is 9.59 Å². The Bertz CT molecular complexity index is 510. The number of hydrogen-bond acceptors (Lipinski definition) is 3. The lowest BCUT2D eigenvalue weighted by Crippen LogP contribution is -2.38. The van der Waals surface area contributed by atoms with E-state index in [2.05, 4.69) is 10.6 Å². The predicted octanol–water partition coefficient (Wildman–Crippen LogP) is 2.63. The van der Waals surface area contributed by atoms with Crippen LogP contribution < -0.4 is 10.6 Å². The molecular weight excluding hydrogens is 268 g/mol. The summed E-state index contributed by atoms with van der Waals surface area (Å²) in [4.78, 5) is 23.0. The quantitative estimate of drug-likeness (QED) is 0.779. The van der Waals surface area contributed by atoms with E-state index in [1.165, 1.54) is 26.2 Å². The topological polar surface area (TPSA) is 78.4 Å². The Morgan fingerprint density at radius 3 is 2.52 bits per heavy atom. The van der Waals surface area contributed by atoms with E-state index in [9.17, 15) is 9.59 Å². The third-order valence-electron chi connectivity index (χ3n) is 3.85. The van der Waals surface area contributed by atoms with Gasteiger partial charge in [0, 0.05) is 11.7 Å². The second kappa shape index (κ2) is 7.11. The Balaban J connectivity index is 2.08. The molecule has 1 atom stereocenters. The molecule has 0 saturated heterocycles. The van der Waals surface area contributed by atoms with Gasteiger partial charge in [-0.1, -0.05) is 31.4 Å². The summed E-state index contributed by atoms with van der Waals surface area (Å²) in [5, 5.41) is 14.8. The van der Waals surface area contributed by atoms with Gasteiger partial charge >= 0.3 is 5.97 Å². The Morgan fingerprint density at radius 1 is 1.19 bits per heavy atom. The van der Waals surface area contributed by atoms with Gasteiger partial charge in [0.2, 0.25) is 0 Å². The second-order valence-corrected chi connectivity index (χ2v) is 5.56. The van der Waals surface area contributed by atoms with Crippen molar-refractivity contribution in [3.05, 3.63) is 29.8 Å². The first-order chi connectivity index (χ1) is 10.1. The highest BCUT2D eigenvalue weighted by molar-refractivity contribution is 6.01. The Kier molecular flexibility index (Phi) is 5.20. The fourth-order valence-electron chi connectivity index (χ4n) is 2.61. The van der Waals surface area contributed by atoms with Crippen LogP contribution in [0.4, 0.5) is 5.69 Å². The third-order valence-corrected chi connectivity index (χ3v) is 3.85. The summed E-state index contributed by atoms with van der Waals surface area (Å²) in [5.74, 6) is -1.40. The van der Waals surface area contributed by atoms with Gasteiger partial charge in [0.15, 0.2) is 0 Å². The van der Waals surface area contributed by atoms with Gasteiger partial charge in [0.1, 0.15) is 6.04 Å². The normalized spacial score (nSPS) is 17.0.